The lowest BCUT2D eigenvalue weighted by atomic mass is 10.2. The Hall–Kier alpha value is -1.66. The van der Waals surface area contributed by atoms with Crippen LogP contribution in [0.25, 0.3) is 0 Å². The normalized spacial score (nSPS) is 25.6. The van der Waals surface area contributed by atoms with Gasteiger partial charge in [-0.3, -0.25) is 0 Å². The molecule has 0 amide bonds. The summed E-state index contributed by atoms with van der Waals surface area (Å²) in [5.41, 5.74) is 1.00. The molecule has 1 heterocycles. The van der Waals surface area contributed by atoms with Crippen LogP contribution in [0.15, 0.2) is 41.3 Å². The molecule has 1 fully saturated rings. The van der Waals surface area contributed by atoms with E-state index in [1.807, 2.05) is 6.92 Å². The fourth-order valence-corrected chi connectivity index (χ4v) is 3.85. The maximum atomic E-state index is 12.4. The summed E-state index contributed by atoms with van der Waals surface area (Å²) in [6.45, 7) is 3.70. The van der Waals surface area contributed by atoms with Crippen LogP contribution in [0.3, 0.4) is 0 Å². The van der Waals surface area contributed by atoms with Crippen molar-refractivity contribution >= 4 is 16.0 Å². The second kappa shape index (κ2) is 5.38. The molecule has 20 heavy (non-hydrogen) atoms. The molecule has 3 atom stereocenters. The van der Waals surface area contributed by atoms with Crippen LogP contribution in [-0.4, -0.2) is 37.9 Å². The van der Waals surface area contributed by atoms with Crippen molar-refractivity contribution in [2.75, 3.05) is 7.11 Å². The van der Waals surface area contributed by atoms with Crippen molar-refractivity contribution in [1.29, 1.82) is 0 Å². The highest BCUT2D eigenvalue weighted by molar-refractivity contribution is 7.89. The first-order chi connectivity index (χ1) is 9.37. The van der Waals surface area contributed by atoms with Crippen LogP contribution < -0.4 is 0 Å². The molecule has 0 spiro atoms. The molecule has 1 aromatic carbocycles. The number of carbonyl (C=O) groups excluding carboxylic acids is 1. The predicted molar refractivity (Wildman–Crippen MR) is 74.6 cm³/mol. The van der Waals surface area contributed by atoms with Gasteiger partial charge >= 0.3 is 5.97 Å². The van der Waals surface area contributed by atoms with Crippen molar-refractivity contribution in [2.24, 2.45) is 0 Å². The molecule has 0 aliphatic carbocycles. The van der Waals surface area contributed by atoms with E-state index in [4.69, 9.17) is 0 Å². The number of methoxy groups -OCH3 is 1. The van der Waals surface area contributed by atoms with E-state index >= 15 is 0 Å². The molecule has 0 N–H and O–H groups in total. The van der Waals surface area contributed by atoms with Gasteiger partial charge in [-0.2, -0.15) is 4.31 Å². The van der Waals surface area contributed by atoms with E-state index in [9.17, 15) is 13.2 Å². The van der Waals surface area contributed by atoms with Crippen LogP contribution in [0.4, 0.5) is 0 Å². The fraction of sp³-hybridized carbons (Fsp3) is 0.357. The number of benzene rings is 1. The van der Waals surface area contributed by atoms with Gasteiger partial charge in [0.2, 0.25) is 10.0 Å². The summed E-state index contributed by atoms with van der Waals surface area (Å²) in [6, 6.07) is 6.27. The molecular weight excluding hydrogens is 278 g/mol. The summed E-state index contributed by atoms with van der Waals surface area (Å²) in [5.74, 6) is -0.489. The van der Waals surface area contributed by atoms with Gasteiger partial charge in [0.1, 0.15) is 0 Å². The molecule has 1 unspecified atom stereocenters. The highest BCUT2D eigenvalue weighted by Gasteiger charge is 2.51. The molecular formula is C14H17NO4S. The maximum Gasteiger partial charge on any atom is 0.330 e. The molecule has 108 valence electrons. The fourth-order valence-electron chi connectivity index (χ4n) is 2.05. The zero-order valence-electron chi connectivity index (χ0n) is 11.6. The first kappa shape index (κ1) is 14.7. The Kier molecular flexibility index (Phi) is 3.96. The Morgan fingerprint density at radius 1 is 1.30 bits per heavy atom. The van der Waals surface area contributed by atoms with Crippen LogP contribution in [0, 0.1) is 6.92 Å². The summed E-state index contributed by atoms with van der Waals surface area (Å²) >= 11 is 0. The third-order valence-corrected chi connectivity index (χ3v) is 5.33. The SMILES string of the molecule is COC(=O)/C=C\[C@H]1[C@H](C)N1S(=O)(=O)c1ccc(C)cc1. The second-order valence-electron chi connectivity index (χ2n) is 4.76. The topological polar surface area (TPSA) is 63.5 Å². The number of sulfonamides is 1. The molecule has 1 aliphatic rings. The number of nitrogens with zero attached hydrogens (tertiary/aromatic N) is 1. The molecule has 6 heteroatoms. The lowest BCUT2D eigenvalue weighted by Crippen LogP contribution is -2.15. The Morgan fingerprint density at radius 3 is 2.45 bits per heavy atom. The largest absolute Gasteiger partial charge is 0.466 e. The van der Waals surface area contributed by atoms with Gasteiger partial charge in [0, 0.05) is 12.1 Å². The monoisotopic (exact) mass is 295 g/mol. The van der Waals surface area contributed by atoms with E-state index in [1.165, 1.54) is 17.5 Å². The van der Waals surface area contributed by atoms with Crippen molar-refractivity contribution in [3.8, 4) is 0 Å². The molecule has 1 saturated heterocycles. The smallest absolute Gasteiger partial charge is 0.330 e. The predicted octanol–water partition coefficient (Wildman–Crippen LogP) is 1.49. The van der Waals surface area contributed by atoms with Gasteiger partial charge in [-0.05, 0) is 26.0 Å². The Labute approximate surface area is 118 Å². The third kappa shape index (κ3) is 2.76. The van der Waals surface area contributed by atoms with Crippen molar-refractivity contribution in [3.63, 3.8) is 0 Å². The quantitative estimate of drug-likeness (QED) is 0.479. The summed E-state index contributed by atoms with van der Waals surface area (Å²) < 4.78 is 30.7. The van der Waals surface area contributed by atoms with E-state index < -0.39 is 16.0 Å². The van der Waals surface area contributed by atoms with E-state index in [0.29, 0.717) is 0 Å². The number of carbonyl (C=O) groups is 1. The maximum absolute atomic E-state index is 12.4. The highest BCUT2D eigenvalue weighted by Crippen LogP contribution is 2.36. The number of aryl methyl sites for hydroxylation is 1. The third-order valence-electron chi connectivity index (χ3n) is 3.33. The highest BCUT2D eigenvalue weighted by atomic mass is 32.2. The summed E-state index contributed by atoms with van der Waals surface area (Å²) in [4.78, 5) is 11.3. The van der Waals surface area contributed by atoms with Gasteiger partial charge in [0.15, 0.2) is 0 Å². The standard InChI is InChI=1S/C14H17NO4S/c1-10-4-6-12(7-5-10)20(17,18)15-11(2)13(15)8-9-14(16)19-3/h4-9,11,13H,1-3H3/b9-8-/t11-,13-,15?/m0/s1. The number of hydrogen-bond acceptors (Lipinski definition) is 4. The van der Waals surface area contributed by atoms with E-state index in [1.54, 1.807) is 37.3 Å². The van der Waals surface area contributed by atoms with Crippen LogP contribution in [0.2, 0.25) is 0 Å². The molecule has 0 aromatic heterocycles. The zero-order valence-corrected chi connectivity index (χ0v) is 12.4. The molecule has 1 aliphatic heterocycles. The summed E-state index contributed by atoms with van der Waals surface area (Å²) in [5, 5.41) is 0. The summed E-state index contributed by atoms with van der Waals surface area (Å²) in [6.07, 6.45) is 2.81. The molecule has 0 saturated carbocycles. The van der Waals surface area contributed by atoms with Crippen molar-refractivity contribution < 1.29 is 17.9 Å². The second-order valence-corrected chi connectivity index (χ2v) is 6.60. The zero-order chi connectivity index (χ0) is 14.9. The summed E-state index contributed by atoms with van der Waals surface area (Å²) in [7, 11) is -2.22. The Bertz CT molecular complexity index is 634. The van der Waals surface area contributed by atoms with Crippen LogP contribution >= 0.6 is 0 Å². The van der Waals surface area contributed by atoms with Crippen molar-refractivity contribution in [2.45, 2.75) is 30.8 Å². The number of esters is 1. The first-order valence-corrected chi connectivity index (χ1v) is 7.68. The van der Waals surface area contributed by atoms with Gasteiger partial charge in [0.05, 0.1) is 18.0 Å². The molecule has 1 aromatic rings. The van der Waals surface area contributed by atoms with Gasteiger partial charge in [-0.1, -0.05) is 23.8 Å². The van der Waals surface area contributed by atoms with Crippen LogP contribution in [0.1, 0.15) is 12.5 Å². The average Bonchev–Trinajstić information content (AvgIpc) is 3.07. The first-order valence-electron chi connectivity index (χ1n) is 6.24. The lowest BCUT2D eigenvalue weighted by Gasteiger charge is -2.05. The minimum atomic E-state index is -3.51. The van der Waals surface area contributed by atoms with Crippen LogP contribution in [-0.2, 0) is 19.6 Å². The van der Waals surface area contributed by atoms with E-state index in [2.05, 4.69) is 4.74 Å². The molecule has 0 bridgehead atoms. The average molecular weight is 295 g/mol. The minimum absolute atomic E-state index is 0.151. The number of hydrogen-bond donors (Lipinski definition) is 0. The van der Waals surface area contributed by atoms with Crippen LogP contribution in [0.5, 0.6) is 0 Å². The van der Waals surface area contributed by atoms with E-state index in [-0.39, 0.29) is 17.0 Å². The number of rotatable bonds is 4. The van der Waals surface area contributed by atoms with Crippen molar-refractivity contribution in [1.82, 2.24) is 4.31 Å². The van der Waals surface area contributed by atoms with Gasteiger partial charge < -0.3 is 4.74 Å². The number of ether oxygens (including phenoxy) is 1. The van der Waals surface area contributed by atoms with Gasteiger partial charge in [-0.15, -0.1) is 0 Å². The van der Waals surface area contributed by atoms with Gasteiger partial charge in [-0.25, -0.2) is 13.2 Å². The van der Waals surface area contributed by atoms with Gasteiger partial charge in [0.25, 0.3) is 0 Å². The molecule has 5 nitrogen and oxygen atoms in total. The molecule has 0 radical (unpaired) electrons. The Balaban J connectivity index is 2.18. The minimum Gasteiger partial charge on any atom is -0.466 e. The van der Waals surface area contributed by atoms with E-state index in [0.717, 1.165) is 5.56 Å². The van der Waals surface area contributed by atoms with Crippen molar-refractivity contribution in [3.05, 3.63) is 42.0 Å². The molecule has 2 rings (SSSR count). The Morgan fingerprint density at radius 2 is 1.90 bits per heavy atom. The lowest BCUT2D eigenvalue weighted by molar-refractivity contribution is -0.134.